The van der Waals surface area contributed by atoms with E-state index in [9.17, 15) is 0 Å². The smallest absolute Gasteiger partial charge is 0.0624 e. The molecule has 3 nitrogen and oxygen atoms in total. The molecule has 0 fully saturated rings. The van der Waals surface area contributed by atoms with E-state index in [1.807, 2.05) is 18.8 Å². The van der Waals surface area contributed by atoms with E-state index in [2.05, 4.69) is 60.7 Å². The van der Waals surface area contributed by atoms with E-state index in [1.54, 1.807) is 0 Å². The maximum absolute atomic E-state index is 4.54. The van der Waals surface area contributed by atoms with Gasteiger partial charge >= 0.3 is 0 Å². The van der Waals surface area contributed by atoms with Crippen molar-refractivity contribution in [2.45, 2.75) is 38.6 Å². The topological polar surface area (TPSA) is 29.9 Å². The largest absolute Gasteiger partial charge is 0.316 e. The third-order valence-corrected chi connectivity index (χ3v) is 4.12. The number of rotatable bonds is 6. The number of benzene rings is 1. The molecule has 1 heterocycles. The first-order valence-electron chi connectivity index (χ1n) is 7.39. The van der Waals surface area contributed by atoms with E-state index in [-0.39, 0.29) is 0 Å². The molecule has 0 bridgehead atoms. The second-order valence-electron chi connectivity index (χ2n) is 5.40. The van der Waals surface area contributed by atoms with Crippen molar-refractivity contribution in [3.63, 3.8) is 0 Å². The number of nitrogens with one attached hydrogen (secondary N) is 1. The van der Waals surface area contributed by atoms with Crippen molar-refractivity contribution < 1.29 is 0 Å². The van der Waals surface area contributed by atoms with Crippen molar-refractivity contribution in [2.75, 3.05) is 7.05 Å². The first-order valence-corrected chi connectivity index (χ1v) is 7.39. The zero-order valence-electron chi connectivity index (χ0n) is 12.9. The Morgan fingerprint density at radius 1 is 1.25 bits per heavy atom. The molecule has 3 heteroatoms. The summed E-state index contributed by atoms with van der Waals surface area (Å²) in [7, 11) is 4.08. The Morgan fingerprint density at radius 2 is 1.95 bits per heavy atom. The normalized spacial score (nSPS) is 14.2. The van der Waals surface area contributed by atoms with Crippen molar-refractivity contribution in [3.8, 4) is 0 Å². The predicted molar refractivity (Wildman–Crippen MR) is 84.0 cm³/mol. The molecule has 1 N–H and O–H groups in total. The van der Waals surface area contributed by atoms with Gasteiger partial charge in [0.1, 0.15) is 0 Å². The standard InChI is InChI=1S/C17H25N3/c1-5-15-11-16(20(4)19-15)12-17(18-3)13(2)14-9-7-6-8-10-14/h6-11,13,17-18H,5,12H2,1-4H3. The Balaban J connectivity index is 2.14. The number of nitrogens with zero attached hydrogens (tertiary/aromatic N) is 2. The van der Waals surface area contributed by atoms with E-state index in [0.29, 0.717) is 12.0 Å². The zero-order valence-corrected chi connectivity index (χ0v) is 12.9. The SMILES string of the molecule is CCc1cc(CC(NC)C(C)c2ccccc2)n(C)n1. The van der Waals surface area contributed by atoms with Gasteiger partial charge in [-0.2, -0.15) is 5.10 Å². The molecule has 2 atom stereocenters. The lowest BCUT2D eigenvalue weighted by molar-refractivity contribution is 0.469. The minimum Gasteiger partial charge on any atom is -0.316 e. The van der Waals surface area contributed by atoms with Crippen molar-refractivity contribution in [1.82, 2.24) is 15.1 Å². The Morgan fingerprint density at radius 3 is 2.50 bits per heavy atom. The Bertz CT molecular complexity index is 530. The molecule has 1 aromatic carbocycles. The van der Waals surface area contributed by atoms with E-state index in [4.69, 9.17) is 0 Å². The number of aryl methyl sites for hydroxylation is 2. The summed E-state index contributed by atoms with van der Waals surface area (Å²) in [6.07, 6.45) is 1.99. The van der Waals surface area contributed by atoms with Crippen molar-refractivity contribution in [2.24, 2.45) is 7.05 Å². The van der Waals surface area contributed by atoms with Gasteiger partial charge in [-0.1, -0.05) is 44.2 Å². The van der Waals surface area contributed by atoms with Crippen LogP contribution < -0.4 is 5.32 Å². The summed E-state index contributed by atoms with van der Waals surface area (Å²) < 4.78 is 2.01. The molecule has 108 valence electrons. The average molecular weight is 271 g/mol. The Kier molecular flexibility index (Phi) is 4.96. The molecule has 1 aromatic heterocycles. The average Bonchev–Trinajstić information content (AvgIpc) is 2.85. The van der Waals surface area contributed by atoms with Gasteiger partial charge in [-0.25, -0.2) is 0 Å². The van der Waals surface area contributed by atoms with Crippen LogP contribution in [0.2, 0.25) is 0 Å². The first-order chi connectivity index (χ1) is 9.65. The molecule has 0 aliphatic rings. The number of likely N-dealkylation sites (N-methyl/N-ethyl adjacent to an activating group) is 1. The fourth-order valence-electron chi connectivity index (χ4n) is 2.68. The molecule has 0 amide bonds. The molecule has 0 saturated carbocycles. The van der Waals surface area contributed by atoms with Gasteiger partial charge in [-0.15, -0.1) is 0 Å². The van der Waals surface area contributed by atoms with Crippen molar-refractivity contribution >= 4 is 0 Å². The lowest BCUT2D eigenvalue weighted by atomic mass is 9.90. The van der Waals surface area contributed by atoms with Gasteiger partial charge in [-0.05, 0) is 31.0 Å². The highest BCUT2D eigenvalue weighted by Crippen LogP contribution is 2.21. The summed E-state index contributed by atoms with van der Waals surface area (Å²) in [5.41, 5.74) is 3.85. The highest BCUT2D eigenvalue weighted by molar-refractivity contribution is 5.22. The molecule has 2 aromatic rings. The van der Waals surface area contributed by atoms with Crippen LogP contribution >= 0.6 is 0 Å². The van der Waals surface area contributed by atoms with Crippen LogP contribution in [-0.2, 0) is 19.9 Å². The lowest BCUT2D eigenvalue weighted by Crippen LogP contribution is -2.33. The molecule has 20 heavy (non-hydrogen) atoms. The quantitative estimate of drug-likeness (QED) is 0.875. The molecule has 0 radical (unpaired) electrons. The minimum atomic E-state index is 0.414. The van der Waals surface area contributed by atoms with Crippen LogP contribution in [0.15, 0.2) is 36.4 Å². The maximum Gasteiger partial charge on any atom is 0.0624 e. The van der Waals surface area contributed by atoms with Gasteiger partial charge in [0.25, 0.3) is 0 Å². The molecule has 0 saturated heterocycles. The third-order valence-electron chi connectivity index (χ3n) is 4.12. The maximum atomic E-state index is 4.54. The zero-order chi connectivity index (χ0) is 14.5. The van der Waals surface area contributed by atoms with Gasteiger partial charge < -0.3 is 5.32 Å². The monoisotopic (exact) mass is 271 g/mol. The molecule has 2 rings (SSSR count). The van der Waals surface area contributed by atoms with Gasteiger partial charge in [0, 0.05) is 25.2 Å². The van der Waals surface area contributed by atoms with Gasteiger partial charge in [0.15, 0.2) is 0 Å². The van der Waals surface area contributed by atoms with E-state index in [0.717, 1.165) is 12.8 Å². The van der Waals surface area contributed by atoms with Crippen LogP contribution in [0.1, 0.15) is 36.7 Å². The van der Waals surface area contributed by atoms with Crippen LogP contribution in [0.25, 0.3) is 0 Å². The van der Waals surface area contributed by atoms with E-state index >= 15 is 0 Å². The molecule has 2 unspecified atom stereocenters. The fourth-order valence-corrected chi connectivity index (χ4v) is 2.68. The third kappa shape index (κ3) is 3.28. The lowest BCUT2D eigenvalue weighted by Gasteiger charge is -2.24. The summed E-state index contributed by atoms with van der Waals surface area (Å²) in [6, 6.07) is 13.3. The van der Waals surface area contributed by atoms with Gasteiger partial charge in [0.05, 0.1) is 5.69 Å². The summed E-state index contributed by atoms with van der Waals surface area (Å²) in [5, 5.41) is 8.00. The Labute approximate surface area is 122 Å². The fraction of sp³-hybridized carbons (Fsp3) is 0.471. The molecular weight excluding hydrogens is 246 g/mol. The van der Waals surface area contributed by atoms with Crippen LogP contribution in [0.4, 0.5) is 0 Å². The second-order valence-corrected chi connectivity index (χ2v) is 5.40. The summed E-state index contributed by atoms with van der Waals surface area (Å²) >= 11 is 0. The minimum absolute atomic E-state index is 0.414. The van der Waals surface area contributed by atoms with Gasteiger partial charge in [0.2, 0.25) is 0 Å². The Hall–Kier alpha value is -1.61. The molecular formula is C17H25N3. The number of aromatic nitrogens is 2. The predicted octanol–water partition coefficient (Wildman–Crippen LogP) is 2.92. The van der Waals surface area contributed by atoms with E-state index in [1.165, 1.54) is 17.0 Å². The first kappa shape index (κ1) is 14.8. The summed E-state index contributed by atoms with van der Waals surface area (Å²) in [6.45, 7) is 4.43. The van der Waals surface area contributed by atoms with Crippen LogP contribution in [-0.4, -0.2) is 22.9 Å². The second kappa shape index (κ2) is 6.71. The van der Waals surface area contributed by atoms with Gasteiger partial charge in [-0.3, -0.25) is 4.68 Å². The highest BCUT2D eigenvalue weighted by Gasteiger charge is 2.19. The van der Waals surface area contributed by atoms with E-state index < -0.39 is 0 Å². The van der Waals surface area contributed by atoms with Crippen LogP contribution in [0.3, 0.4) is 0 Å². The number of hydrogen-bond acceptors (Lipinski definition) is 2. The number of hydrogen-bond donors (Lipinski definition) is 1. The van der Waals surface area contributed by atoms with Crippen molar-refractivity contribution in [3.05, 3.63) is 53.3 Å². The molecule has 0 spiro atoms. The highest BCUT2D eigenvalue weighted by atomic mass is 15.3. The summed E-state index contributed by atoms with van der Waals surface area (Å²) in [5.74, 6) is 0.473. The van der Waals surface area contributed by atoms with Crippen molar-refractivity contribution in [1.29, 1.82) is 0 Å². The molecule has 0 aliphatic heterocycles. The molecule has 0 aliphatic carbocycles. The van der Waals surface area contributed by atoms with Crippen LogP contribution in [0, 0.1) is 0 Å². The van der Waals surface area contributed by atoms with Crippen LogP contribution in [0.5, 0.6) is 0 Å². The summed E-state index contributed by atoms with van der Waals surface area (Å²) in [4.78, 5) is 0.